The number of hydrogen-bond acceptors (Lipinski definition) is 7. The van der Waals surface area contributed by atoms with Gasteiger partial charge in [0.05, 0.1) is 20.4 Å². The van der Waals surface area contributed by atoms with Crippen LogP contribution in [0.5, 0.6) is 11.5 Å². The molecule has 0 saturated carbocycles. The molecule has 1 N–H and O–H groups in total. The number of nitrogens with one attached hydrogen (secondary N) is 1. The average molecular weight is 349 g/mol. The average Bonchev–Trinajstić information content (AvgIpc) is 3.12. The second kappa shape index (κ2) is 6.87. The van der Waals surface area contributed by atoms with Gasteiger partial charge in [0.1, 0.15) is 0 Å². The van der Waals surface area contributed by atoms with Crippen LogP contribution < -0.4 is 19.7 Å². The second-order valence-corrected chi connectivity index (χ2v) is 5.86. The Morgan fingerprint density at radius 1 is 1.04 bits per heavy atom. The molecule has 2 heterocycles. The van der Waals surface area contributed by atoms with E-state index < -0.39 is 0 Å². The Hall–Kier alpha value is -3.35. The molecular formula is C19H19N5O2. The number of ether oxygens (including phenoxy) is 2. The van der Waals surface area contributed by atoms with Crippen LogP contribution in [-0.2, 0) is 6.42 Å². The molecule has 0 amide bonds. The fourth-order valence-corrected chi connectivity index (χ4v) is 3.10. The Morgan fingerprint density at radius 3 is 2.73 bits per heavy atom. The smallest absolute Gasteiger partial charge is 0.249 e. The molecule has 0 atom stereocenters. The highest BCUT2D eigenvalue weighted by Crippen LogP contribution is 2.34. The van der Waals surface area contributed by atoms with Crippen molar-refractivity contribution in [2.75, 3.05) is 31.0 Å². The van der Waals surface area contributed by atoms with Crippen molar-refractivity contribution in [3.05, 3.63) is 54.2 Å². The number of nitrogens with zero attached hydrogens (tertiary/aromatic N) is 4. The Kier molecular flexibility index (Phi) is 4.27. The van der Waals surface area contributed by atoms with E-state index in [2.05, 4.69) is 43.6 Å². The molecule has 0 unspecified atom stereocenters. The van der Waals surface area contributed by atoms with Crippen LogP contribution in [0, 0.1) is 0 Å². The van der Waals surface area contributed by atoms with Crippen LogP contribution in [0.4, 0.5) is 23.1 Å². The predicted octanol–water partition coefficient (Wildman–Crippen LogP) is 3.33. The van der Waals surface area contributed by atoms with Gasteiger partial charge in [0.15, 0.2) is 17.3 Å². The third-order valence-corrected chi connectivity index (χ3v) is 4.35. The van der Waals surface area contributed by atoms with Crippen LogP contribution >= 0.6 is 0 Å². The first-order valence-electron chi connectivity index (χ1n) is 8.32. The van der Waals surface area contributed by atoms with Gasteiger partial charge in [-0.2, -0.15) is 10.1 Å². The van der Waals surface area contributed by atoms with Crippen LogP contribution in [0.2, 0.25) is 0 Å². The van der Waals surface area contributed by atoms with E-state index in [4.69, 9.17) is 9.47 Å². The number of anilines is 4. The Morgan fingerprint density at radius 2 is 1.88 bits per heavy atom. The van der Waals surface area contributed by atoms with Crippen molar-refractivity contribution in [2.24, 2.45) is 0 Å². The normalized spacial score (nSPS) is 12.6. The molecule has 1 aromatic heterocycles. The summed E-state index contributed by atoms with van der Waals surface area (Å²) in [6.07, 6.45) is 2.68. The molecule has 1 aliphatic heterocycles. The molecule has 7 heteroatoms. The van der Waals surface area contributed by atoms with E-state index in [1.54, 1.807) is 20.4 Å². The number of benzene rings is 2. The van der Waals surface area contributed by atoms with Crippen molar-refractivity contribution < 1.29 is 9.47 Å². The number of para-hydroxylation sites is 1. The van der Waals surface area contributed by atoms with E-state index in [1.165, 1.54) is 11.3 Å². The SMILES string of the molecule is COc1ccc(Nc2nncc(N3CCc4ccccc43)n2)cc1OC. The molecule has 3 aromatic rings. The zero-order chi connectivity index (χ0) is 17.9. The fraction of sp³-hybridized carbons (Fsp3) is 0.211. The first-order valence-corrected chi connectivity index (χ1v) is 8.32. The number of hydrogen-bond donors (Lipinski definition) is 1. The summed E-state index contributed by atoms with van der Waals surface area (Å²) in [5.74, 6) is 2.50. The number of rotatable bonds is 5. The van der Waals surface area contributed by atoms with E-state index in [-0.39, 0.29) is 0 Å². The van der Waals surface area contributed by atoms with Crippen molar-refractivity contribution in [1.29, 1.82) is 0 Å². The first kappa shape index (κ1) is 16.1. The summed E-state index contributed by atoms with van der Waals surface area (Å²) in [5, 5.41) is 11.4. The van der Waals surface area contributed by atoms with Gasteiger partial charge in [-0.25, -0.2) is 0 Å². The molecule has 1 aliphatic rings. The van der Waals surface area contributed by atoms with Crippen LogP contribution in [0.15, 0.2) is 48.7 Å². The maximum absolute atomic E-state index is 5.33. The maximum atomic E-state index is 5.33. The Bertz CT molecular complexity index is 931. The molecule has 26 heavy (non-hydrogen) atoms. The lowest BCUT2D eigenvalue weighted by atomic mass is 10.2. The molecular weight excluding hydrogens is 330 g/mol. The summed E-state index contributed by atoms with van der Waals surface area (Å²) < 4.78 is 10.6. The van der Waals surface area contributed by atoms with Gasteiger partial charge in [0.2, 0.25) is 5.95 Å². The molecule has 0 radical (unpaired) electrons. The summed E-state index contributed by atoms with van der Waals surface area (Å²) in [6, 6.07) is 13.9. The first-order chi connectivity index (χ1) is 12.8. The fourth-order valence-electron chi connectivity index (χ4n) is 3.10. The summed E-state index contributed by atoms with van der Waals surface area (Å²) in [4.78, 5) is 6.77. The summed E-state index contributed by atoms with van der Waals surface area (Å²) in [7, 11) is 3.21. The standard InChI is InChI=1S/C19H19N5O2/c1-25-16-8-7-14(11-17(16)26-2)21-19-22-18(12-20-23-19)24-10-9-13-5-3-4-6-15(13)24/h3-8,11-12H,9-10H2,1-2H3,(H,21,22,23). The molecule has 4 rings (SSSR count). The molecule has 0 aliphatic carbocycles. The minimum absolute atomic E-state index is 0.430. The lowest BCUT2D eigenvalue weighted by Crippen LogP contribution is -2.16. The topological polar surface area (TPSA) is 72.4 Å². The molecule has 132 valence electrons. The minimum atomic E-state index is 0.430. The predicted molar refractivity (Wildman–Crippen MR) is 99.8 cm³/mol. The van der Waals surface area contributed by atoms with Crippen molar-refractivity contribution in [3.8, 4) is 11.5 Å². The van der Waals surface area contributed by atoms with Gasteiger partial charge >= 0.3 is 0 Å². The van der Waals surface area contributed by atoms with Crippen molar-refractivity contribution in [3.63, 3.8) is 0 Å². The maximum Gasteiger partial charge on any atom is 0.249 e. The van der Waals surface area contributed by atoms with Crippen molar-refractivity contribution >= 4 is 23.1 Å². The van der Waals surface area contributed by atoms with Gasteiger partial charge < -0.3 is 19.7 Å². The van der Waals surface area contributed by atoms with E-state index in [0.717, 1.165) is 24.5 Å². The van der Waals surface area contributed by atoms with Gasteiger partial charge in [0.25, 0.3) is 0 Å². The highest BCUT2D eigenvalue weighted by atomic mass is 16.5. The molecule has 7 nitrogen and oxygen atoms in total. The van der Waals surface area contributed by atoms with Crippen LogP contribution in [0.1, 0.15) is 5.56 Å². The molecule has 0 spiro atoms. The number of fused-ring (bicyclic) bond motifs is 1. The monoisotopic (exact) mass is 349 g/mol. The van der Waals surface area contributed by atoms with E-state index >= 15 is 0 Å². The van der Waals surface area contributed by atoms with Gasteiger partial charge in [-0.3, -0.25) is 0 Å². The van der Waals surface area contributed by atoms with Crippen LogP contribution in [-0.4, -0.2) is 35.9 Å². The zero-order valence-corrected chi connectivity index (χ0v) is 14.6. The van der Waals surface area contributed by atoms with E-state index in [0.29, 0.717) is 17.4 Å². The highest BCUT2D eigenvalue weighted by Gasteiger charge is 2.21. The molecule has 2 aromatic carbocycles. The lowest BCUT2D eigenvalue weighted by Gasteiger charge is -2.18. The van der Waals surface area contributed by atoms with E-state index in [9.17, 15) is 0 Å². The van der Waals surface area contributed by atoms with E-state index in [1.807, 2.05) is 24.3 Å². The lowest BCUT2D eigenvalue weighted by molar-refractivity contribution is 0.355. The number of aromatic nitrogens is 3. The van der Waals surface area contributed by atoms with Crippen molar-refractivity contribution in [2.45, 2.75) is 6.42 Å². The summed E-state index contributed by atoms with van der Waals surface area (Å²) >= 11 is 0. The van der Waals surface area contributed by atoms with Gasteiger partial charge in [0, 0.05) is 24.0 Å². The molecule has 0 saturated heterocycles. The Balaban J connectivity index is 1.59. The zero-order valence-electron chi connectivity index (χ0n) is 14.6. The van der Waals surface area contributed by atoms with Crippen LogP contribution in [0.25, 0.3) is 0 Å². The van der Waals surface area contributed by atoms with Crippen LogP contribution in [0.3, 0.4) is 0 Å². The highest BCUT2D eigenvalue weighted by molar-refractivity contribution is 5.68. The number of methoxy groups -OCH3 is 2. The van der Waals surface area contributed by atoms with Gasteiger partial charge in [-0.1, -0.05) is 18.2 Å². The Labute approximate surface area is 151 Å². The molecule has 0 bridgehead atoms. The minimum Gasteiger partial charge on any atom is -0.493 e. The summed E-state index contributed by atoms with van der Waals surface area (Å²) in [6.45, 7) is 0.883. The van der Waals surface area contributed by atoms with Gasteiger partial charge in [-0.05, 0) is 30.2 Å². The summed E-state index contributed by atoms with van der Waals surface area (Å²) in [5.41, 5.74) is 3.29. The van der Waals surface area contributed by atoms with Gasteiger partial charge in [-0.15, -0.1) is 5.10 Å². The molecule has 0 fully saturated rings. The third-order valence-electron chi connectivity index (χ3n) is 4.35. The largest absolute Gasteiger partial charge is 0.493 e. The van der Waals surface area contributed by atoms with Crippen molar-refractivity contribution in [1.82, 2.24) is 15.2 Å². The second-order valence-electron chi connectivity index (χ2n) is 5.86. The quantitative estimate of drug-likeness (QED) is 0.757. The third kappa shape index (κ3) is 2.99.